The molecular weight excluding hydrogens is 310 g/mol. The number of halogens is 1. The Kier molecular flexibility index (Phi) is 3.89. The normalized spacial score (nSPS) is 16.3. The Labute approximate surface area is 140 Å². The maximum Gasteiger partial charge on any atom is 0.205 e. The molecule has 1 atom stereocenters. The average Bonchev–Trinajstić information content (AvgIpc) is 2.52. The van der Waals surface area contributed by atoms with Gasteiger partial charge in [0.25, 0.3) is 0 Å². The zero-order valence-electron chi connectivity index (χ0n) is 12.9. The second-order valence-corrected chi connectivity index (χ2v) is 6.03. The van der Waals surface area contributed by atoms with Crippen LogP contribution in [-0.4, -0.2) is 14.1 Å². The largest absolute Gasteiger partial charge is 0.440 e. The van der Waals surface area contributed by atoms with Crippen LogP contribution in [0.5, 0.6) is 5.75 Å². The molecule has 0 spiro atoms. The molecule has 0 amide bonds. The molecule has 0 aromatic heterocycles. The fraction of sp³-hybridized carbons (Fsp3) is 0.167. The van der Waals surface area contributed by atoms with E-state index >= 15 is 0 Å². The summed E-state index contributed by atoms with van der Waals surface area (Å²) in [5.41, 5.74) is 9.21. The quantitative estimate of drug-likeness (QED) is 0.916. The monoisotopic (exact) mass is 325 g/mol. The molecule has 3 rings (SSSR count). The van der Waals surface area contributed by atoms with Crippen molar-refractivity contribution in [2.75, 3.05) is 19.0 Å². The molecule has 1 aliphatic heterocycles. The van der Waals surface area contributed by atoms with Gasteiger partial charge in [-0.25, -0.2) is 0 Å². The molecule has 1 aliphatic rings. The fourth-order valence-corrected chi connectivity index (χ4v) is 2.95. The first-order valence-electron chi connectivity index (χ1n) is 7.15. The molecule has 0 saturated heterocycles. The van der Waals surface area contributed by atoms with Crippen molar-refractivity contribution < 1.29 is 4.74 Å². The molecule has 23 heavy (non-hydrogen) atoms. The second-order valence-electron chi connectivity index (χ2n) is 5.60. The van der Waals surface area contributed by atoms with E-state index in [1.54, 1.807) is 6.07 Å². The third-order valence-electron chi connectivity index (χ3n) is 3.90. The van der Waals surface area contributed by atoms with Crippen LogP contribution in [0.15, 0.2) is 53.9 Å². The maximum absolute atomic E-state index is 9.52. The SMILES string of the molecule is CN(C)c1ccc2c(c1)OC(N)=C(C#N)[C@@H]2c1cccc(Cl)c1. The van der Waals surface area contributed by atoms with E-state index < -0.39 is 0 Å². The number of ether oxygens (including phenoxy) is 1. The lowest BCUT2D eigenvalue weighted by Crippen LogP contribution is -2.21. The molecule has 0 bridgehead atoms. The highest BCUT2D eigenvalue weighted by molar-refractivity contribution is 6.30. The Bertz CT molecular complexity index is 836. The number of hydrogen-bond acceptors (Lipinski definition) is 4. The van der Waals surface area contributed by atoms with E-state index in [1.807, 2.05) is 55.4 Å². The van der Waals surface area contributed by atoms with Gasteiger partial charge in [0.2, 0.25) is 5.88 Å². The van der Waals surface area contributed by atoms with Gasteiger partial charge in [0.1, 0.15) is 17.4 Å². The van der Waals surface area contributed by atoms with Gasteiger partial charge in [-0.05, 0) is 23.8 Å². The summed E-state index contributed by atoms with van der Waals surface area (Å²) in [6, 6.07) is 15.5. The van der Waals surface area contributed by atoms with Crippen molar-refractivity contribution in [3.05, 3.63) is 70.1 Å². The number of anilines is 1. The molecule has 5 heteroatoms. The van der Waals surface area contributed by atoms with Gasteiger partial charge in [0.05, 0.1) is 5.92 Å². The molecule has 0 aliphatic carbocycles. The van der Waals surface area contributed by atoms with Gasteiger partial charge in [-0.15, -0.1) is 0 Å². The summed E-state index contributed by atoms with van der Waals surface area (Å²) in [5.74, 6) is 0.525. The number of allylic oxidation sites excluding steroid dienone is 1. The number of nitrogens with zero attached hydrogens (tertiary/aromatic N) is 2. The molecule has 2 aromatic carbocycles. The van der Waals surface area contributed by atoms with Crippen LogP contribution < -0.4 is 15.4 Å². The summed E-state index contributed by atoms with van der Waals surface area (Å²) < 4.78 is 5.68. The minimum atomic E-state index is -0.279. The molecule has 4 nitrogen and oxygen atoms in total. The number of rotatable bonds is 2. The molecule has 0 radical (unpaired) electrons. The molecule has 2 aromatic rings. The van der Waals surface area contributed by atoms with Crippen LogP contribution in [0.25, 0.3) is 0 Å². The van der Waals surface area contributed by atoms with Crippen molar-refractivity contribution in [3.8, 4) is 11.8 Å². The van der Waals surface area contributed by atoms with Crippen molar-refractivity contribution in [1.82, 2.24) is 0 Å². The number of fused-ring (bicyclic) bond motifs is 1. The van der Waals surface area contributed by atoms with Crippen molar-refractivity contribution in [2.24, 2.45) is 5.73 Å². The average molecular weight is 326 g/mol. The third kappa shape index (κ3) is 2.71. The van der Waals surface area contributed by atoms with Crippen LogP contribution in [0.3, 0.4) is 0 Å². The third-order valence-corrected chi connectivity index (χ3v) is 4.14. The van der Waals surface area contributed by atoms with Gasteiger partial charge in [-0.1, -0.05) is 29.8 Å². The lowest BCUT2D eigenvalue weighted by molar-refractivity contribution is 0.394. The number of hydrogen-bond donors (Lipinski definition) is 1. The highest BCUT2D eigenvalue weighted by Gasteiger charge is 2.30. The zero-order valence-corrected chi connectivity index (χ0v) is 13.6. The number of benzene rings is 2. The minimum Gasteiger partial charge on any atom is -0.440 e. The molecule has 116 valence electrons. The first-order chi connectivity index (χ1) is 11.0. The Morgan fingerprint density at radius 3 is 2.65 bits per heavy atom. The first kappa shape index (κ1) is 15.3. The minimum absolute atomic E-state index is 0.140. The van der Waals surface area contributed by atoms with Crippen molar-refractivity contribution in [3.63, 3.8) is 0 Å². The molecular formula is C18H16ClN3O. The lowest BCUT2D eigenvalue weighted by Gasteiger charge is -2.27. The predicted octanol–water partition coefficient (Wildman–Crippen LogP) is 3.62. The molecule has 1 heterocycles. The Hall–Kier alpha value is -2.64. The summed E-state index contributed by atoms with van der Waals surface area (Å²) in [7, 11) is 3.91. The molecule has 0 unspecified atom stereocenters. The van der Waals surface area contributed by atoms with Gasteiger partial charge in [0.15, 0.2) is 0 Å². The van der Waals surface area contributed by atoms with Crippen LogP contribution in [-0.2, 0) is 0 Å². The van der Waals surface area contributed by atoms with E-state index in [0.29, 0.717) is 16.3 Å². The summed E-state index contributed by atoms with van der Waals surface area (Å²) in [6.07, 6.45) is 0. The first-order valence-corrected chi connectivity index (χ1v) is 7.53. The maximum atomic E-state index is 9.52. The summed E-state index contributed by atoms with van der Waals surface area (Å²) in [5, 5.41) is 10.1. The van der Waals surface area contributed by atoms with Crippen LogP contribution >= 0.6 is 11.6 Å². The molecule has 0 fully saturated rings. The van der Waals surface area contributed by atoms with Gasteiger partial charge >= 0.3 is 0 Å². The summed E-state index contributed by atoms with van der Waals surface area (Å²) in [6.45, 7) is 0. The van der Waals surface area contributed by atoms with Crippen LogP contribution in [0, 0.1) is 11.3 Å². The van der Waals surface area contributed by atoms with Gasteiger partial charge in [-0.2, -0.15) is 5.26 Å². The van der Waals surface area contributed by atoms with E-state index in [2.05, 4.69) is 6.07 Å². The van der Waals surface area contributed by atoms with Gasteiger partial charge in [-0.3, -0.25) is 0 Å². The Morgan fingerprint density at radius 1 is 1.22 bits per heavy atom. The van der Waals surface area contributed by atoms with Crippen molar-refractivity contribution >= 4 is 17.3 Å². The van der Waals surface area contributed by atoms with Crippen LogP contribution in [0.1, 0.15) is 17.0 Å². The highest BCUT2D eigenvalue weighted by atomic mass is 35.5. The number of nitrogens with two attached hydrogens (primary N) is 1. The van der Waals surface area contributed by atoms with E-state index in [-0.39, 0.29) is 11.8 Å². The summed E-state index contributed by atoms with van der Waals surface area (Å²) >= 11 is 6.12. The predicted molar refractivity (Wildman–Crippen MR) is 91.5 cm³/mol. The lowest BCUT2D eigenvalue weighted by atomic mass is 9.83. The van der Waals surface area contributed by atoms with E-state index in [0.717, 1.165) is 16.8 Å². The Morgan fingerprint density at radius 2 is 2.00 bits per heavy atom. The van der Waals surface area contributed by atoms with Crippen molar-refractivity contribution in [1.29, 1.82) is 5.26 Å². The van der Waals surface area contributed by atoms with Crippen LogP contribution in [0.4, 0.5) is 5.69 Å². The fourth-order valence-electron chi connectivity index (χ4n) is 2.75. The zero-order chi connectivity index (χ0) is 16.6. The van der Waals surface area contributed by atoms with Crippen LogP contribution in [0.2, 0.25) is 5.02 Å². The Balaban J connectivity index is 2.20. The van der Waals surface area contributed by atoms with E-state index in [4.69, 9.17) is 22.1 Å². The topological polar surface area (TPSA) is 62.3 Å². The van der Waals surface area contributed by atoms with E-state index in [9.17, 15) is 5.26 Å². The molecule has 2 N–H and O–H groups in total. The standard InChI is InChI=1S/C18H16ClN3O/c1-22(2)13-6-7-14-16(9-13)23-18(21)15(10-20)17(14)11-4-3-5-12(19)8-11/h3-9,17H,21H2,1-2H3/t17-/m1/s1. The summed E-state index contributed by atoms with van der Waals surface area (Å²) in [4.78, 5) is 1.98. The highest BCUT2D eigenvalue weighted by Crippen LogP contribution is 2.43. The van der Waals surface area contributed by atoms with Crippen molar-refractivity contribution in [2.45, 2.75) is 5.92 Å². The second kappa shape index (κ2) is 5.86. The number of nitriles is 1. The van der Waals surface area contributed by atoms with E-state index in [1.165, 1.54) is 0 Å². The van der Waals surface area contributed by atoms with Gasteiger partial charge < -0.3 is 15.4 Å². The smallest absolute Gasteiger partial charge is 0.205 e. The van der Waals surface area contributed by atoms with Gasteiger partial charge in [0, 0.05) is 36.4 Å². The molecule has 0 saturated carbocycles.